The molecule has 0 aliphatic heterocycles. The van der Waals surface area contributed by atoms with Crippen molar-refractivity contribution in [2.45, 2.75) is 27.7 Å². The minimum atomic E-state index is 0.616. The van der Waals surface area contributed by atoms with Crippen LogP contribution in [-0.4, -0.2) is 6.54 Å². The molecule has 0 bridgehead atoms. The molecule has 0 saturated carbocycles. The molecule has 0 aliphatic carbocycles. The molecule has 0 aromatic carbocycles. The van der Waals surface area contributed by atoms with Gasteiger partial charge in [-0.3, -0.25) is 0 Å². The lowest BCUT2D eigenvalue weighted by molar-refractivity contribution is 0.762. The molecule has 0 saturated heterocycles. The van der Waals surface area contributed by atoms with Crippen molar-refractivity contribution in [2.75, 3.05) is 6.54 Å². The van der Waals surface area contributed by atoms with Gasteiger partial charge >= 0.3 is 0 Å². The Morgan fingerprint density at radius 3 is 2.45 bits per heavy atom. The van der Waals surface area contributed by atoms with Gasteiger partial charge < -0.3 is 5.32 Å². The maximum atomic E-state index is 3.88. The normalized spacial score (nSPS) is 11.9. The molecule has 0 radical (unpaired) electrons. The Morgan fingerprint density at radius 2 is 2.09 bits per heavy atom. The van der Waals surface area contributed by atoms with E-state index >= 15 is 0 Å². The highest BCUT2D eigenvalue weighted by molar-refractivity contribution is 5.18. The van der Waals surface area contributed by atoms with E-state index in [1.165, 1.54) is 5.57 Å². The highest BCUT2D eigenvalue weighted by Crippen LogP contribution is 2.09. The van der Waals surface area contributed by atoms with Crippen molar-refractivity contribution >= 4 is 0 Å². The van der Waals surface area contributed by atoms with Crippen molar-refractivity contribution in [2.24, 2.45) is 5.92 Å². The van der Waals surface area contributed by atoms with Crippen molar-refractivity contribution in [3.63, 3.8) is 0 Å². The average molecular weight is 153 g/mol. The Bertz CT molecular complexity index is 154. The van der Waals surface area contributed by atoms with Gasteiger partial charge in [0.1, 0.15) is 0 Å². The van der Waals surface area contributed by atoms with E-state index in [4.69, 9.17) is 0 Å². The van der Waals surface area contributed by atoms with E-state index in [2.05, 4.69) is 45.7 Å². The third kappa shape index (κ3) is 4.65. The van der Waals surface area contributed by atoms with E-state index in [1.807, 2.05) is 0 Å². The topological polar surface area (TPSA) is 12.0 Å². The van der Waals surface area contributed by atoms with Crippen LogP contribution in [0.25, 0.3) is 0 Å². The van der Waals surface area contributed by atoms with Gasteiger partial charge in [0.2, 0.25) is 0 Å². The minimum absolute atomic E-state index is 0.616. The highest BCUT2D eigenvalue weighted by atomic mass is 14.9. The summed E-state index contributed by atoms with van der Waals surface area (Å²) in [6.45, 7) is 13.4. The lowest BCUT2D eigenvalue weighted by atomic mass is 10.0. The van der Waals surface area contributed by atoms with E-state index < -0.39 is 0 Å². The molecular formula is C10H19N. The summed E-state index contributed by atoms with van der Waals surface area (Å²) >= 11 is 0. The molecular weight excluding hydrogens is 134 g/mol. The fourth-order valence-electron chi connectivity index (χ4n) is 0.720. The average Bonchev–Trinajstić information content (AvgIpc) is 1.87. The van der Waals surface area contributed by atoms with E-state index in [0.717, 1.165) is 12.2 Å². The van der Waals surface area contributed by atoms with Gasteiger partial charge in [0.15, 0.2) is 0 Å². The van der Waals surface area contributed by atoms with Crippen LogP contribution in [0.1, 0.15) is 27.7 Å². The molecule has 11 heavy (non-hydrogen) atoms. The zero-order valence-electron chi connectivity index (χ0n) is 8.07. The molecule has 1 N–H and O–H groups in total. The van der Waals surface area contributed by atoms with Gasteiger partial charge in [-0.2, -0.15) is 0 Å². The largest absolute Gasteiger partial charge is 0.386 e. The van der Waals surface area contributed by atoms with Crippen molar-refractivity contribution < 1.29 is 0 Å². The lowest BCUT2D eigenvalue weighted by Gasteiger charge is -2.07. The van der Waals surface area contributed by atoms with Crippen molar-refractivity contribution in [1.82, 2.24) is 5.32 Å². The van der Waals surface area contributed by atoms with E-state index in [0.29, 0.717) is 5.92 Å². The molecule has 0 spiro atoms. The monoisotopic (exact) mass is 153 g/mol. The van der Waals surface area contributed by atoms with Crippen LogP contribution in [0.15, 0.2) is 23.9 Å². The fourth-order valence-corrected chi connectivity index (χ4v) is 0.720. The Morgan fingerprint density at radius 1 is 1.55 bits per heavy atom. The summed E-state index contributed by atoms with van der Waals surface area (Å²) in [5.41, 5.74) is 2.38. The van der Waals surface area contributed by atoms with E-state index in [1.54, 1.807) is 0 Å². The van der Waals surface area contributed by atoms with Crippen LogP contribution in [0.3, 0.4) is 0 Å². The van der Waals surface area contributed by atoms with Crippen LogP contribution in [0.4, 0.5) is 0 Å². The van der Waals surface area contributed by atoms with Gasteiger partial charge in [0.25, 0.3) is 0 Å². The summed E-state index contributed by atoms with van der Waals surface area (Å²) in [7, 11) is 0. The standard InChI is InChI=1S/C10H19N/c1-6-11-10(5)7-9(4)8(2)3/h7-8,11H,5-6H2,1-4H3/b9-7+. The van der Waals surface area contributed by atoms with Crippen LogP contribution >= 0.6 is 0 Å². The molecule has 1 heteroatoms. The summed E-state index contributed by atoms with van der Waals surface area (Å²) in [6, 6.07) is 0. The number of likely N-dealkylation sites (N-methyl/N-ethyl adjacent to an activating group) is 1. The predicted octanol–water partition coefficient (Wildman–Crippen LogP) is 2.71. The first-order chi connectivity index (χ1) is 5.07. The first-order valence-corrected chi connectivity index (χ1v) is 4.18. The second-order valence-electron chi connectivity index (χ2n) is 3.10. The van der Waals surface area contributed by atoms with E-state index in [9.17, 15) is 0 Å². The van der Waals surface area contributed by atoms with Crippen LogP contribution < -0.4 is 5.32 Å². The second kappa shape index (κ2) is 5.00. The van der Waals surface area contributed by atoms with Gasteiger partial charge in [-0.1, -0.05) is 26.0 Å². The zero-order valence-corrected chi connectivity index (χ0v) is 8.07. The minimum Gasteiger partial charge on any atom is -0.386 e. The van der Waals surface area contributed by atoms with Crippen molar-refractivity contribution in [3.8, 4) is 0 Å². The van der Waals surface area contributed by atoms with Gasteiger partial charge in [-0.15, -0.1) is 0 Å². The maximum Gasteiger partial charge on any atom is 0.0266 e. The van der Waals surface area contributed by atoms with Crippen molar-refractivity contribution in [1.29, 1.82) is 0 Å². The molecule has 0 rings (SSSR count). The predicted molar refractivity (Wildman–Crippen MR) is 51.4 cm³/mol. The third-order valence-corrected chi connectivity index (χ3v) is 1.72. The number of rotatable bonds is 4. The van der Waals surface area contributed by atoms with Crippen LogP contribution in [0.5, 0.6) is 0 Å². The van der Waals surface area contributed by atoms with E-state index in [-0.39, 0.29) is 0 Å². The summed E-state index contributed by atoms with van der Waals surface area (Å²) in [4.78, 5) is 0. The molecule has 0 aliphatic rings. The first kappa shape index (κ1) is 10.3. The Kier molecular flexibility index (Phi) is 4.67. The summed E-state index contributed by atoms with van der Waals surface area (Å²) in [5, 5.41) is 3.16. The van der Waals surface area contributed by atoms with Gasteiger partial charge in [-0.05, 0) is 25.8 Å². The Hall–Kier alpha value is -0.720. The maximum absolute atomic E-state index is 3.88. The SMILES string of the molecule is C=C(/C=C(\C)C(C)C)NCC. The molecule has 0 unspecified atom stereocenters. The smallest absolute Gasteiger partial charge is 0.0266 e. The molecule has 0 fully saturated rings. The van der Waals surface area contributed by atoms with Crippen molar-refractivity contribution in [3.05, 3.63) is 23.9 Å². The quantitative estimate of drug-likeness (QED) is 0.612. The molecule has 0 atom stereocenters. The van der Waals surface area contributed by atoms with Gasteiger partial charge in [-0.25, -0.2) is 0 Å². The Labute approximate surface area is 70.2 Å². The van der Waals surface area contributed by atoms with Crippen LogP contribution in [0, 0.1) is 5.92 Å². The fraction of sp³-hybridized carbons (Fsp3) is 0.600. The van der Waals surface area contributed by atoms with Crippen LogP contribution in [-0.2, 0) is 0 Å². The Balaban J connectivity index is 3.97. The molecule has 0 amide bonds. The number of allylic oxidation sites excluding steroid dienone is 2. The second-order valence-corrected chi connectivity index (χ2v) is 3.10. The molecule has 64 valence electrons. The molecule has 0 aromatic heterocycles. The molecule has 0 aromatic rings. The van der Waals surface area contributed by atoms with Gasteiger partial charge in [0.05, 0.1) is 0 Å². The highest BCUT2D eigenvalue weighted by Gasteiger charge is 1.95. The zero-order chi connectivity index (χ0) is 8.85. The van der Waals surface area contributed by atoms with Crippen LogP contribution in [0.2, 0.25) is 0 Å². The number of nitrogens with one attached hydrogen (secondary N) is 1. The molecule has 0 heterocycles. The number of hydrogen-bond acceptors (Lipinski definition) is 1. The molecule has 1 nitrogen and oxygen atoms in total. The summed E-state index contributed by atoms with van der Waals surface area (Å²) in [6.07, 6.45) is 2.11. The first-order valence-electron chi connectivity index (χ1n) is 4.18. The summed E-state index contributed by atoms with van der Waals surface area (Å²) < 4.78 is 0. The third-order valence-electron chi connectivity index (χ3n) is 1.72. The van der Waals surface area contributed by atoms with Gasteiger partial charge in [0, 0.05) is 12.2 Å². The number of hydrogen-bond donors (Lipinski definition) is 1. The summed E-state index contributed by atoms with van der Waals surface area (Å²) in [5.74, 6) is 0.616. The lowest BCUT2D eigenvalue weighted by Crippen LogP contribution is -2.09.